The monoisotopic (exact) mass is 397 g/mol. The molecular weight excluding hydrogens is 380 g/mol. The van der Waals surface area contributed by atoms with E-state index in [0.29, 0.717) is 27.2 Å². The second kappa shape index (κ2) is 8.89. The summed E-state index contributed by atoms with van der Waals surface area (Å²) >= 11 is 0. The molecule has 0 aliphatic carbocycles. The molecule has 1 atom stereocenters. The van der Waals surface area contributed by atoms with Crippen LogP contribution in [0.3, 0.4) is 0 Å². The van der Waals surface area contributed by atoms with Gasteiger partial charge in [-0.1, -0.05) is 48.2 Å². The van der Waals surface area contributed by atoms with Crippen LogP contribution in [0.5, 0.6) is 0 Å². The Labute approximate surface area is 205 Å². The third-order valence-corrected chi connectivity index (χ3v) is 4.49. The second-order valence-corrected chi connectivity index (χ2v) is 6.51. The van der Waals surface area contributed by atoms with E-state index < -0.39 is 6.30 Å². The molecule has 0 N–H and O–H groups in total. The van der Waals surface area contributed by atoms with Crippen molar-refractivity contribution in [2.24, 2.45) is 0 Å². The van der Waals surface area contributed by atoms with Gasteiger partial charge in [0, 0.05) is 21.9 Å². The van der Waals surface area contributed by atoms with Gasteiger partial charge in [-0.25, -0.2) is 4.39 Å². The number of hydrogen-bond donors (Lipinski definition) is 0. The van der Waals surface area contributed by atoms with Crippen LogP contribution in [0, 0.1) is 24.0 Å². The molecule has 0 amide bonds. The van der Waals surface area contributed by atoms with Gasteiger partial charge in [-0.15, -0.1) is 0 Å². The van der Waals surface area contributed by atoms with E-state index in [1.165, 1.54) is 7.05 Å². The molecule has 4 aromatic rings. The molecule has 0 radical (unpaired) electrons. The molecule has 28 heavy (non-hydrogen) atoms. The molecule has 0 bridgehead atoms. The van der Waals surface area contributed by atoms with Crippen LogP contribution in [0.4, 0.5) is 4.39 Å². The largest absolute Gasteiger partial charge is 1.00 e. The van der Waals surface area contributed by atoms with E-state index in [1.54, 1.807) is 12.1 Å². The summed E-state index contributed by atoms with van der Waals surface area (Å²) in [4.78, 5) is 0. The Morgan fingerprint density at radius 1 is 1.04 bits per heavy atom. The molecule has 0 spiro atoms. The predicted octanol–water partition coefficient (Wildman–Crippen LogP) is 2.70. The number of para-hydroxylation sites is 1. The van der Waals surface area contributed by atoms with E-state index in [2.05, 4.69) is 11.8 Å². The molecule has 3 nitrogen and oxygen atoms in total. The number of fused-ring (bicyclic) bond motifs is 3. The van der Waals surface area contributed by atoms with Crippen molar-refractivity contribution in [2.45, 2.75) is 13.2 Å². The maximum atomic E-state index is 14.6. The van der Waals surface area contributed by atoms with E-state index in [-0.39, 0.29) is 56.9 Å². The number of furan rings is 1. The molecule has 0 aliphatic heterocycles. The van der Waals surface area contributed by atoms with Gasteiger partial charge in [-0.2, -0.15) is 0 Å². The van der Waals surface area contributed by atoms with Crippen molar-refractivity contribution in [2.75, 3.05) is 7.05 Å². The first-order valence-electron chi connectivity index (χ1n) is 8.61. The van der Waals surface area contributed by atoms with Crippen LogP contribution in [-0.2, 0) is 0 Å². The van der Waals surface area contributed by atoms with Crippen molar-refractivity contribution in [3.8, 4) is 11.8 Å². The zero-order valence-corrected chi connectivity index (χ0v) is 19.1. The minimum atomic E-state index is -1.77. The standard InChI is InChI=1S/C23H17FNO2.K/c1-15-6-5-7-16(14-15)10-11-17-12-13-19(23(24)25(2)26)21-18-8-3-4-9-20(18)27-22(17)21;/h3-9,12-14,23H,1-2H3;/q-1;+1. The van der Waals surface area contributed by atoms with E-state index in [9.17, 15) is 9.60 Å². The molecule has 1 aromatic heterocycles. The zero-order chi connectivity index (χ0) is 19.0. The van der Waals surface area contributed by atoms with Crippen molar-refractivity contribution >= 4 is 21.9 Å². The van der Waals surface area contributed by atoms with Gasteiger partial charge in [0.2, 0.25) is 0 Å². The molecule has 0 fully saturated rings. The van der Waals surface area contributed by atoms with Crippen LogP contribution in [0.25, 0.3) is 21.9 Å². The summed E-state index contributed by atoms with van der Waals surface area (Å²) in [5.74, 6) is 6.26. The van der Waals surface area contributed by atoms with Crippen LogP contribution in [0.1, 0.15) is 28.5 Å². The number of hydrogen-bond acceptors (Lipinski definition) is 3. The molecule has 5 heteroatoms. The Kier molecular flexibility index (Phi) is 6.74. The third kappa shape index (κ3) is 4.09. The molecule has 1 unspecified atom stereocenters. The maximum absolute atomic E-state index is 14.6. The summed E-state index contributed by atoms with van der Waals surface area (Å²) in [5.41, 5.74) is 4.11. The van der Waals surface area contributed by atoms with E-state index in [0.717, 1.165) is 16.5 Å². The number of nitrogens with zero attached hydrogens (tertiary/aromatic N) is 1. The topological polar surface area (TPSA) is 39.4 Å². The van der Waals surface area contributed by atoms with Crippen LogP contribution in [-0.4, -0.2) is 12.1 Å². The van der Waals surface area contributed by atoms with Gasteiger partial charge in [-0.3, -0.25) is 0 Å². The fraction of sp³-hybridized carbons (Fsp3) is 0.130. The van der Waals surface area contributed by atoms with Crippen molar-refractivity contribution in [3.05, 3.63) is 88.1 Å². The van der Waals surface area contributed by atoms with Gasteiger partial charge in [0.25, 0.3) is 0 Å². The summed E-state index contributed by atoms with van der Waals surface area (Å²) in [6.07, 6.45) is -1.77. The maximum Gasteiger partial charge on any atom is 1.00 e. The fourth-order valence-electron chi connectivity index (χ4n) is 3.21. The van der Waals surface area contributed by atoms with E-state index >= 15 is 0 Å². The number of aryl methyl sites for hydroxylation is 1. The number of hydroxylamine groups is 2. The summed E-state index contributed by atoms with van der Waals surface area (Å²) in [5, 5.41) is 13.2. The van der Waals surface area contributed by atoms with Gasteiger partial charge in [0.05, 0.1) is 5.56 Å². The first-order valence-corrected chi connectivity index (χ1v) is 8.61. The van der Waals surface area contributed by atoms with Crippen molar-refractivity contribution in [3.63, 3.8) is 0 Å². The fourth-order valence-corrected chi connectivity index (χ4v) is 3.21. The Balaban J connectivity index is 0.00000225. The Morgan fingerprint density at radius 3 is 2.57 bits per heavy atom. The normalized spacial score (nSPS) is 11.9. The van der Waals surface area contributed by atoms with Crippen LogP contribution in [0.2, 0.25) is 0 Å². The Bertz CT molecular complexity index is 1200. The summed E-state index contributed by atoms with van der Waals surface area (Å²) in [7, 11) is 1.17. The van der Waals surface area contributed by atoms with Gasteiger partial charge in [0.15, 0.2) is 11.9 Å². The van der Waals surface area contributed by atoms with Crippen molar-refractivity contribution in [1.82, 2.24) is 5.06 Å². The van der Waals surface area contributed by atoms with Crippen LogP contribution in [0.15, 0.2) is 65.1 Å². The van der Waals surface area contributed by atoms with E-state index in [4.69, 9.17) is 4.42 Å². The Morgan fingerprint density at radius 2 is 1.82 bits per heavy atom. The predicted molar refractivity (Wildman–Crippen MR) is 106 cm³/mol. The molecule has 0 saturated heterocycles. The summed E-state index contributed by atoms with van der Waals surface area (Å²) in [6.45, 7) is 2.01. The first kappa shape index (κ1) is 21.2. The zero-order valence-electron chi connectivity index (χ0n) is 16.0. The minimum Gasteiger partial charge on any atom is -0.783 e. The minimum absolute atomic E-state index is 0. The van der Waals surface area contributed by atoms with Crippen molar-refractivity contribution in [1.29, 1.82) is 0 Å². The number of alkyl halides is 1. The number of rotatable bonds is 2. The Hall–Kier alpha value is -1.49. The molecule has 134 valence electrons. The van der Waals surface area contributed by atoms with Crippen molar-refractivity contribution < 1.29 is 60.2 Å². The number of halogens is 1. The molecule has 3 aromatic carbocycles. The average molecular weight is 397 g/mol. The number of benzene rings is 3. The van der Waals surface area contributed by atoms with Gasteiger partial charge in [-0.05, 0) is 43.8 Å². The van der Waals surface area contributed by atoms with Crippen LogP contribution < -0.4 is 51.4 Å². The van der Waals surface area contributed by atoms with Gasteiger partial charge in [0.1, 0.15) is 5.58 Å². The van der Waals surface area contributed by atoms with Gasteiger partial charge < -0.3 is 14.7 Å². The van der Waals surface area contributed by atoms with Crippen LogP contribution >= 0.6 is 0 Å². The summed E-state index contributed by atoms with van der Waals surface area (Å²) < 4.78 is 20.5. The smallest absolute Gasteiger partial charge is 0.783 e. The first-order chi connectivity index (χ1) is 13.0. The molecule has 0 aliphatic rings. The quantitative estimate of drug-likeness (QED) is 0.226. The summed E-state index contributed by atoms with van der Waals surface area (Å²) in [6, 6.07) is 18.6. The van der Waals surface area contributed by atoms with Gasteiger partial charge >= 0.3 is 51.4 Å². The third-order valence-electron chi connectivity index (χ3n) is 4.49. The average Bonchev–Trinajstić information content (AvgIpc) is 3.05. The molecule has 4 rings (SSSR count). The molecule has 1 heterocycles. The van der Waals surface area contributed by atoms with E-state index in [1.807, 2.05) is 55.5 Å². The molecular formula is C23H17FKNO2. The second-order valence-electron chi connectivity index (χ2n) is 6.51. The molecule has 0 saturated carbocycles. The SMILES string of the molecule is Cc1cccc(C#Cc2ccc(C(F)N(C)[O-])c3c2oc2ccccc23)c1.[K+].